The summed E-state index contributed by atoms with van der Waals surface area (Å²) in [5.41, 5.74) is 3.17. The van der Waals surface area contributed by atoms with Crippen LogP contribution < -0.4 is 0 Å². The van der Waals surface area contributed by atoms with E-state index >= 15 is 0 Å². The molecule has 1 aliphatic carbocycles. The molecule has 0 atom stereocenters. The van der Waals surface area contributed by atoms with Crippen LogP contribution in [-0.2, 0) is 13.1 Å². The molecule has 0 amide bonds. The monoisotopic (exact) mass is 596 g/mol. The molecule has 0 saturated heterocycles. The van der Waals surface area contributed by atoms with Gasteiger partial charge in [-0.2, -0.15) is 10.2 Å². The van der Waals surface area contributed by atoms with Gasteiger partial charge in [-0.25, -0.2) is 0 Å². The molecule has 0 spiro atoms. The van der Waals surface area contributed by atoms with Gasteiger partial charge in [0.15, 0.2) is 16.5 Å². The summed E-state index contributed by atoms with van der Waals surface area (Å²) in [7, 11) is -3.88. The van der Waals surface area contributed by atoms with Gasteiger partial charge in [-0.3, -0.25) is 0 Å². The number of rotatable bonds is 8. The van der Waals surface area contributed by atoms with E-state index in [1.165, 1.54) is 0 Å². The molecule has 0 unspecified atom stereocenters. The fraction of sp³-hybridized carbons (Fsp3) is 0.308. The Balaban J connectivity index is 2.15. The number of halogens is 4. The SMILES string of the molecule is C[Si](C)(C)N(Cc1ccccc1)N=C1C(=NN(Cc2ccccc2)[Si](C)(C)C)C(Cl)=C(Cl)C(Cl)=C1Cl. The molecule has 1 aliphatic rings. The number of allylic oxidation sites excluding steroid dienone is 4. The van der Waals surface area contributed by atoms with E-state index in [4.69, 9.17) is 56.6 Å². The predicted octanol–water partition coefficient (Wildman–Crippen LogP) is 8.76. The van der Waals surface area contributed by atoms with E-state index in [0.29, 0.717) is 24.5 Å². The highest BCUT2D eigenvalue weighted by Gasteiger charge is 2.34. The molecule has 10 heteroatoms. The van der Waals surface area contributed by atoms with E-state index in [0.717, 1.165) is 11.1 Å². The molecule has 0 radical (unpaired) electrons. The topological polar surface area (TPSA) is 31.2 Å². The number of nitrogens with zero attached hydrogens (tertiary/aromatic N) is 4. The van der Waals surface area contributed by atoms with E-state index in [1.54, 1.807) is 0 Å². The third-order valence-electron chi connectivity index (χ3n) is 5.56. The largest absolute Gasteiger partial charge is 0.320 e. The number of hydrazone groups is 2. The van der Waals surface area contributed by atoms with Gasteiger partial charge in [0.2, 0.25) is 0 Å². The normalized spacial score (nSPS) is 17.3. The zero-order chi connectivity index (χ0) is 26.7. The van der Waals surface area contributed by atoms with Gasteiger partial charge in [0.05, 0.1) is 33.2 Å². The van der Waals surface area contributed by atoms with Gasteiger partial charge in [-0.05, 0) is 11.1 Å². The second-order valence-corrected chi connectivity index (χ2v) is 21.8. The average molecular weight is 599 g/mol. The minimum Gasteiger partial charge on any atom is -0.320 e. The second kappa shape index (κ2) is 11.9. The highest BCUT2D eigenvalue weighted by atomic mass is 35.5. The first-order chi connectivity index (χ1) is 16.8. The molecule has 3 rings (SSSR count). The molecule has 2 aromatic rings. The minimum absolute atomic E-state index is 0.180. The van der Waals surface area contributed by atoms with Crippen molar-refractivity contribution in [3.8, 4) is 0 Å². The van der Waals surface area contributed by atoms with Crippen molar-refractivity contribution in [2.45, 2.75) is 52.4 Å². The summed E-state index contributed by atoms with van der Waals surface area (Å²) in [6, 6.07) is 20.5. The number of hydrogen-bond acceptors (Lipinski definition) is 4. The van der Waals surface area contributed by atoms with Crippen molar-refractivity contribution in [3.05, 3.63) is 91.9 Å². The lowest BCUT2D eigenvalue weighted by Gasteiger charge is -2.35. The molecular formula is C26H32Cl4N4Si2. The highest BCUT2D eigenvalue weighted by Crippen LogP contribution is 2.37. The van der Waals surface area contributed by atoms with Crippen molar-refractivity contribution in [3.63, 3.8) is 0 Å². The Morgan fingerprint density at radius 3 is 1.11 bits per heavy atom. The number of benzene rings is 2. The van der Waals surface area contributed by atoms with Crippen molar-refractivity contribution in [2.75, 3.05) is 0 Å². The fourth-order valence-electron chi connectivity index (χ4n) is 3.39. The standard InChI is InChI=1S/C26H32Cl4N4Si2/c1-35(2,3)33(17-19-13-9-7-10-14-19)31-25-23(29)21(27)22(28)24(30)26(25)32-34(36(4,5)6)18-20-15-11-8-12-16-20/h7-16H,17-18H2,1-6H3. The number of hydrogen-bond donors (Lipinski definition) is 0. The first-order valence-corrected chi connectivity index (χ1v) is 20.1. The van der Waals surface area contributed by atoms with Crippen LogP contribution in [0.3, 0.4) is 0 Å². The van der Waals surface area contributed by atoms with Gasteiger partial charge in [0.25, 0.3) is 0 Å². The fourth-order valence-corrected chi connectivity index (χ4v) is 6.41. The zero-order valence-corrected chi connectivity index (χ0v) is 26.5. The Hall–Kier alpha value is -1.55. The molecule has 0 saturated carbocycles. The van der Waals surface area contributed by atoms with E-state index in [-0.39, 0.29) is 20.1 Å². The van der Waals surface area contributed by atoms with Crippen LogP contribution in [0.1, 0.15) is 11.1 Å². The first kappa shape index (κ1) is 29.0. The molecule has 2 aromatic carbocycles. The van der Waals surface area contributed by atoms with Crippen molar-refractivity contribution in [1.82, 2.24) is 9.35 Å². The van der Waals surface area contributed by atoms with Gasteiger partial charge in [-0.1, -0.05) is 146 Å². The molecule has 36 heavy (non-hydrogen) atoms. The molecule has 0 aromatic heterocycles. The summed E-state index contributed by atoms with van der Waals surface area (Å²) in [5.74, 6) is 0. The minimum atomic E-state index is -1.94. The molecular weight excluding hydrogens is 566 g/mol. The Morgan fingerprint density at radius 2 is 0.833 bits per heavy atom. The van der Waals surface area contributed by atoms with Crippen LogP contribution in [0.4, 0.5) is 0 Å². The molecule has 0 N–H and O–H groups in total. The maximum absolute atomic E-state index is 6.78. The summed E-state index contributed by atoms with van der Waals surface area (Å²) in [6.07, 6.45) is 0. The molecule has 192 valence electrons. The summed E-state index contributed by atoms with van der Waals surface area (Å²) in [5, 5.41) is 11.0. The van der Waals surface area contributed by atoms with Crippen LogP contribution in [0, 0.1) is 0 Å². The van der Waals surface area contributed by atoms with Gasteiger partial charge < -0.3 is 9.35 Å². The first-order valence-electron chi connectivity index (χ1n) is 11.7. The van der Waals surface area contributed by atoms with Gasteiger partial charge >= 0.3 is 0 Å². The third-order valence-corrected chi connectivity index (χ3v) is 11.0. The Bertz CT molecular complexity index is 1100. The highest BCUT2D eigenvalue weighted by molar-refractivity contribution is 6.77. The van der Waals surface area contributed by atoms with Crippen LogP contribution in [-0.4, -0.2) is 37.2 Å². The molecule has 0 heterocycles. The average Bonchev–Trinajstić information content (AvgIpc) is 2.82. The summed E-state index contributed by atoms with van der Waals surface area (Å²) >= 11 is 26.6. The Kier molecular flexibility index (Phi) is 9.58. The van der Waals surface area contributed by atoms with Crippen molar-refractivity contribution in [1.29, 1.82) is 0 Å². The summed E-state index contributed by atoms with van der Waals surface area (Å²) in [4.78, 5) is 0. The van der Waals surface area contributed by atoms with Gasteiger partial charge in [-0.15, -0.1) is 0 Å². The zero-order valence-electron chi connectivity index (χ0n) is 21.5. The van der Waals surface area contributed by atoms with Crippen LogP contribution in [0.5, 0.6) is 0 Å². The van der Waals surface area contributed by atoms with E-state index in [9.17, 15) is 0 Å². The lowest BCUT2D eigenvalue weighted by molar-refractivity contribution is 0.440. The quantitative estimate of drug-likeness (QED) is 0.173. The van der Waals surface area contributed by atoms with E-state index in [2.05, 4.69) is 72.9 Å². The van der Waals surface area contributed by atoms with Crippen LogP contribution in [0.2, 0.25) is 39.3 Å². The van der Waals surface area contributed by atoms with E-state index in [1.807, 2.05) is 36.4 Å². The van der Waals surface area contributed by atoms with Crippen LogP contribution >= 0.6 is 46.4 Å². The van der Waals surface area contributed by atoms with Crippen molar-refractivity contribution < 1.29 is 0 Å². The smallest absolute Gasteiger partial charge is 0.169 e. The Labute approximate surface area is 237 Å². The second-order valence-electron chi connectivity index (χ2n) is 10.6. The molecule has 0 fully saturated rings. The molecule has 0 aliphatic heterocycles. The lowest BCUT2D eigenvalue weighted by Crippen LogP contribution is -2.45. The summed E-state index contributed by atoms with van der Waals surface area (Å²) in [6.45, 7) is 14.6. The molecule has 0 bridgehead atoms. The summed E-state index contributed by atoms with van der Waals surface area (Å²) < 4.78 is 4.22. The van der Waals surface area contributed by atoms with Crippen LogP contribution in [0.25, 0.3) is 0 Å². The third kappa shape index (κ3) is 7.27. The van der Waals surface area contributed by atoms with Crippen molar-refractivity contribution >= 4 is 74.3 Å². The predicted molar refractivity (Wildman–Crippen MR) is 163 cm³/mol. The van der Waals surface area contributed by atoms with Crippen LogP contribution in [0.15, 0.2) is 91.0 Å². The maximum atomic E-state index is 6.78. The van der Waals surface area contributed by atoms with Gasteiger partial charge in [0, 0.05) is 0 Å². The van der Waals surface area contributed by atoms with Crippen molar-refractivity contribution in [2.24, 2.45) is 10.2 Å². The lowest BCUT2D eigenvalue weighted by atomic mass is 10.1. The Morgan fingerprint density at radius 1 is 0.528 bits per heavy atom. The molecule has 4 nitrogen and oxygen atoms in total. The van der Waals surface area contributed by atoms with Gasteiger partial charge in [0.1, 0.15) is 11.4 Å². The van der Waals surface area contributed by atoms with E-state index < -0.39 is 16.5 Å². The maximum Gasteiger partial charge on any atom is 0.169 e.